The summed E-state index contributed by atoms with van der Waals surface area (Å²) in [7, 11) is 4.13. The van der Waals surface area contributed by atoms with Gasteiger partial charge < -0.3 is 10.2 Å². The van der Waals surface area contributed by atoms with Gasteiger partial charge >= 0.3 is 0 Å². The smallest absolute Gasteiger partial charge is 0.252 e. The first kappa shape index (κ1) is 22.5. The topological polar surface area (TPSA) is 66.3 Å². The number of nitrogens with one attached hydrogen (secondary N) is 1. The number of amides is 1. The van der Waals surface area contributed by atoms with Gasteiger partial charge in [-0.2, -0.15) is 5.10 Å². The van der Waals surface area contributed by atoms with Crippen molar-refractivity contribution in [3.8, 4) is 11.3 Å². The zero-order valence-corrected chi connectivity index (χ0v) is 21.6. The summed E-state index contributed by atoms with van der Waals surface area (Å²) >= 11 is 0. The Kier molecular flexibility index (Phi) is 4.95. The number of pyridine rings is 1. The minimum absolute atomic E-state index is 0.00644. The molecule has 4 aromatic rings. The maximum atomic E-state index is 13.6. The van der Waals surface area contributed by atoms with Gasteiger partial charge in [-0.25, -0.2) is 4.98 Å². The Morgan fingerprint density at radius 1 is 1.05 bits per heavy atom. The number of aryl methyl sites for hydroxylation is 2. The zero-order chi connectivity index (χ0) is 25.3. The van der Waals surface area contributed by atoms with E-state index in [1.54, 1.807) is 4.68 Å². The molecular formula is C30H32N6O. The molecule has 7 nitrogen and oxygen atoms in total. The third kappa shape index (κ3) is 3.72. The van der Waals surface area contributed by atoms with Gasteiger partial charge in [0.2, 0.25) is 0 Å². The van der Waals surface area contributed by atoms with Gasteiger partial charge in [-0.3, -0.25) is 14.4 Å². The van der Waals surface area contributed by atoms with Crippen LogP contribution in [0.3, 0.4) is 0 Å². The van der Waals surface area contributed by atoms with E-state index in [2.05, 4.69) is 58.5 Å². The fourth-order valence-corrected chi connectivity index (χ4v) is 6.41. The summed E-state index contributed by atoms with van der Waals surface area (Å²) in [5.74, 6) is -0.00644. The van der Waals surface area contributed by atoms with Crippen LogP contribution in [0.1, 0.15) is 40.7 Å². The van der Waals surface area contributed by atoms with E-state index in [4.69, 9.17) is 4.98 Å². The molecule has 2 saturated heterocycles. The molecule has 2 aliphatic heterocycles. The van der Waals surface area contributed by atoms with Crippen LogP contribution in [0.15, 0.2) is 60.9 Å². The van der Waals surface area contributed by atoms with Gasteiger partial charge in [0.1, 0.15) is 0 Å². The minimum Gasteiger partial charge on any atom is -0.366 e. The number of fused-ring (bicyclic) bond motifs is 3. The molecule has 1 saturated carbocycles. The Labute approximate surface area is 217 Å². The van der Waals surface area contributed by atoms with E-state index in [0.29, 0.717) is 12.1 Å². The number of hydrogen-bond donors (Lipinski definition) is 1. The molecule has 3 aliphatic rings. The van der Waals surface area contributed by atoms with E-state index in [1.807, 2.05) is 43.7 Å². The lowest BCUT2D eigenvalue weighted by atomic mass is 9.96. The summed E-state index contributed by atoms with van der Waals surface area (Å²) in [6.45, 7) is 4.25. The second kappa shape index (κ2) is 8.15. The average molecular weight is 493 g/mol. The number of rotatable bonds is 5. The monoisotopic (exact) mass is 492 g/mol. The van der Waals surface area contributed by atoms with Gasteiger partial charge in [-0.1, -0.05) is 18.2 Å². The molecule has 2 aromatic heterocycles. The molecule has 7 heteroatoms. The first-order valence-electron chi connectivity index (χ1n) is 13.2. The van der Waals surface area contributed by atoms with Crippen molar-refractivity contribution in [2.75, 3.05) is 25.0 Å². The molecule has 4 heterocycles. The van der Waals surface area contributed by atoms with Crippen molar-refractivity contribution in [2.45, 2.75) is 43.8 Å². The van der Waals surface area contributed by atoms with E-state index in [-0.39, 0.29) is 11.4 Å². The van der Waals surface area contributed by atoms with Gasteiger partial charge in [-0.05, 0) is 74.7 Å². The van der Waals surface area contributed by atoms with Gasteiger partial charge in [0.05, 0.1) is 22.9 Å². The summed E-state index contributed by atoms with van der Waals surface area (Å²) in [5, 5.41) is 8.85. The number of para-hydroxylation sites is 1. The molecule has 2 atom stereocenters. The van der Waals surface area contributed by atoms with E-state index in [1.165, 1.54) is 12.1 Å². The normalized spacial score (nSPS) is 22.1. The number of piperazine rings is 1. The number of anilines is 1. The number of aromatic nitrogens is 3. The van der Waals surface area contributed by atoms with Crippen LogP contribution < -0.4 is 10.2 Å². The van der Waals surface area contributed by atoms with Gasteiger partial charge in [-0.15, -0.1) is 0 Å². The van der Waals surface area contributed by atoms with Crippen molar-refractivity contribution in [3.05, 3.63) is 77.6 Å². The number of likely N-dealkylation sites (N-methyl/N-ethyl adjacent to an activating group) is 1. The molecule has 2 bridgehead atoms. The van der Waals surface area contributed by atoms with E-state index < -0.39 is 0 Å². The van der Waals surface area contributed by atoms with Crippen molar-refractivity contribution >= 4 is 22.5 Å². The van der Waals surface area contributed by atoms with Gasteiger partial charge in [0, 0.05) is 60.6 Å². The molecule has 1 aliphatic carbocycles. The Bertz CT molecular complexity index is 1530. The summed E-state index contributed by atoms with van der Waals surface area (Å²) in [4.78, 5) is 23.5. The summed E-state index contributed by atoms with van der Waals surface area (Å²) < 4.78 is 1.79. The molecule has 0 spiro atoms. The number of benzene rings is 2. The number of carbonyl (C=O) groups is 1. The van der Waals surface area contributed by atoms with Gasteiger partial charge in [0.15, 0.2) is 0 Å². The third-order valence-electron chi connectivity index (χ3n) is 8.64. The highest BCUT2D eigenvalue weighted by atomic mass is 16.1. The SMILES string of the molecule is Cc1cc(N2CC3CC2CN3C)ccc1C(=O)NC1(c2cc(-c3cnn(C)c3)nc3ccccc23)CC1. The van der Waals surface area contributed by atoms with Crippen molar-refractivity contribution < 1.29 is 4.79 Å². The maximum Gasteiger partial charge on any atom is 0.252 e. The summed E-state index contributed by atoms with van der Waals surface area (Å²) in [6, 6.07) is 17.9. The molecule has 37 heavy (non-hydrogen) atoms. The van der Waals surface area contributed by atoms with Crippen molar-refractivity contribution in [2.24, 2.45) is 7.05 Å². The van der Waals surface area contributed by atoms with E-state index in [9.17, 15) is 4.79 Å². The fraction of sp³-hybridized carbons (Fsp3) is 0.367. The lowest BCUT2D eigenvalue weighted by Crippen LogP contribution is -2.44. The number of carbonyl (C=O) groups excluding carboxylic acids is 1. The first-order chi connectivity index (χ1) is 17.9. The second-order valence-electron chi connectivity index (χ2n) is 11.1. The molecule has 3 fully saturated rings. The van der Waals surface area contributed by atoms with Crippen LogP contribution in [0.25, 0.3) is 22.2 Å². The maximum absolute atomic E-state index is 13.6. The number of likely N-dealkylation sites (tertiary alicyclic amines) is 1. The van der Waals surface area contributed by atoms with Gasteiger partial charge in [0.25, 0.3) is 5.91 Å². The molecular weight excluding hydrogens is 460 g/mol. The van der Waals surface area contributed by atoms with Crippen LogP contribution in [-0.4, -0.2) is 57.8 Å². The van der Waals surface area contributed by atoms with Crippen molar-refractivity contribution in [1.82, 2.24) is 25.0 Å². The predicted molar refractivity (Wildman–Crippen MR) is 146 cm³/mol. The number of hydrogen-bond acceptors (Lipinski definition) is 5. The second-order valence-corrected chi connectivity index (χ2v) is 11.1. The molecule has 1 amide bonds. The zero-order valence-electron chi connectivity index (χ0n) is 21.6. The lowest BCUT2D eigenvalue weighted by molar-refractivity contribution is 0.0930. The largest absolute Gasteiger partial charge is 0.366 e. The van der Waals surface area contributed by atoms with Crippen LogP contribution in [0.5, 0.6) is 0 Å². The van der Waals surface area contributed by atoms with E-state index in [0.717, 1.165) is 64.8 Å². The molecule has 2 aromatic carbocycles. The minimum atomic E-state index is -0.375. The van der Waals surface area contributed by atoms with Crippen LogP contribution in [-0.2, 0) is 12.6 Å². The highest BCUT2D eigenvalue weighted by Gasteiger charge is 2.47. The van der Waals surface area contributed by atoms with Crippen molar-refractivity contribution in [1.29, 1.82) is 0 Å². The van der Waals surface area contributed by atoms with Crippen molar-refractivity contribution in [3.63, 3.8) is 0 Å². The standard InChI is InChI=1S/C30H32N6O/c1-19-12-21(36-18-22-13-23(36)17-34(22)2)8-9-24(19)29(37)33-30(10-11-30)26-14-28(20-15-31-35(3)16-20)32-27-7-5-4-6-25(26)27/h4-9,12,14-16,22-23H,10-11,13,17-18H2,1-3H3,(H,33,37). The van der Waals surface area contributed by atoms with Crippen LogP contribution in [0, 0.1) is 6.92 Å². The van der Waals surface area contributed by atoms with E-state index >= 15 is 0 Å². The molecule has 188 valence electrons. The quantitative estimate of drug-likeness (QED) is 0.451. The lowest BCUT2D eigenvalue weighted by Gasteiger charge is -2.34. The first-order valence-corrected chi connectivity index (χ1v) is 13.2. The molecule has 0 radical (unpaired) electrons. The summed E-state index contributed by atoms with van der Waals surface area (Å²) in [5.41, 5.74) is 6.57. The van der Waals surface area contributed by atoms with Crippen LogP contribution in [0.2, 0.25) is 0 Å². The number of nitrogens with zero attached hydrogens (tertiary/aromatic N) is 5. The predicted octanol–water partition coefficient (Wildman–Crippen LogP) is 4.26. The highest BCUT2D eigenvalue weighted by molar-refractivity contribution is 5.97. The molecule has 2 unspecified atom stereocenters. The van der Waals surface area contributed by atoms with Crippen LogP contribution >= 0.6 is 0 Å². The Hall–Kier alpha value is -3.71. The fourth-order valence-electron chi connectivity index (χ4n) is 6.41. The molecule has 1 N–H and O–H groups in total. The third-order valence-corrected chi connectivity index (χ3v) is 8.64. The average Bonchev–Trinajstić information content (AvgIpc) is 3.18. The Morgan fingerprint density at radius 3 is 2.57 bits per heavy atom. The van der Waals surface area contributed by atoms with Crippen LogP contribution in [0.4, 0.5) is 5.69 Å². The highest BCUT2D eigenvalue weighted by Crippen LogP contribution is 2.49. The Morgan fingerprint density at radius 2 is 1.89 bits per heavy atom. The molecule has 7 rings (SSSR count). The summed E-state index contributed by atoms with van der Waals surface area (Å²) in [6.07, 6.45) is 6.89. The Balaban J connectivity index is 1.19.